The summed E-state index contributed by atoms with van der Waals surface area (Å²) < 4.78 is 5.57. The molecule has 0 aromatic carbocycles. The highest BCUT2D eigenvalue weighted by Crippen LogP contribution is 2.07. The first-order valence-corrected chi connectivity index (χ1v) is 9.67. The van der Waals surface area contributed by atoms with E-state index in [2.05, 4.69) is 25.8 Å². The maximum atomic E-state index is 5.57. The quantitative estimate of drug-likeness (QED) is 0.591. The van der Waals surface area contributed by atoms with Gasteiger partial charge in [0.25, 0.3) is 0 Å². The van der Waals surface area contributed by atoms with Crippen molar-refractivity contribution in [2.45, 2.75) is 38.8 Å². The van der Waals surface area contributed by atoms with Crippen LogP contribution in [0.25, 0.3) is 0 Å². The SMILES string of the molecule is CC(C)(C)N[SiH]1CCCO[SiH2]1. The van der Waals surface area contributed by atoms with Gasteiger partial charge in [-0.05, 0) is 33.2 Å². The van der Waals surface area contributed by atoms with Gasteiger partial charge >= 0.3 is 0 Å². The molecule has 1 unspecified atom stereocenters. The molecule has 1 heterocycles. The van der Waals surface area contributed by atoms with Crippen LogP contribution in [0.2, 0.25) is 6.04 Å². The van der Waals surface area contributed by atoms with Gasteiger partial charge in [-0.3, -0.25) is 0 Å². The minimum atomic E-state index is -0.584. The van der Waals surface area contributed by atoms with Crippen LogP contribution in [0, 0.1) is 0 Å². The molecule has 0 bridgehead atoms. The van der Waals surface area contributed by atoms with E-state index in [-0.39, 0.29) is 9.28 Å². The Bertz CT molecular complexity index is 118. The zero-order chi connectivity index (χ0) is 8.32. The first kappa shape index (κ1) is 9.44. The Kier molecular flexibility index (Phi) is 3.30. The Morgan fingerprint density at radius 2 is 2.18 bits per heavy atom. The van der Waals surface area contributed by atoms with Crippen LogP contribution in [0.4, 0.5) is 0 Å². The van der Waals surface area contributed by atoms with Crippen molar-refractivity contribution in [1.82, 2.24) is 4.98 Å². The lowest BCUT2D eigenvalue weighted by molar-refractivity contribution is 0.332. The topological polar surface area (TPSA) is 21.3 Å². The van der Waals surface area contributed by atoms with Crippen molar-refractivity contribution >= 4 is 17.8 Å². The zero-order valence-corrected chi connectivity index (χ0v) is 10.4. The highest BCUT2D eigenvalue weighted by molar-refractivity contribution is 7.08. The van der Waals surface area contributed by atoms with E-state index in [9.17, 15) is 0 Å². The van der Waals surface area contributed by atoms with Gasteiger partial charge in [0.15, 0.2) is 9.28 Å². The van der Waals surface area contributed by atoms with Gasteiger partial charge in [-0.25, -0.2) is 0 Å². The van der Waals surface area contributed by atoms with Crippen LogP contribution >= 0.6 is 0 Å². The minimum Gasteiger partial charge on any atom is -0.426 e. The summed E-state index contributed by atoms with van der Waals surface area (Å²) in [5.41, 5.74) is 0.324. The first-order valence-electron chi connectivity index (χ1n) is 4.43. The molecule has 0 saturated carbocycles. The molecule has 1 fully saturated rings. The lowest BCUT2D eigenvalue weighted by Crippen LogP contribution is -2.52. The Morgan fingerprint density at radius 3 is 2.64 bits per heavy atom. The van der Waals surface area contributed by atoms with E-state index in [1.165, 1.54) is 12.5 Å². The van der Waals surface area contributed by atoms with E-state index in [0.29, 0.717) is 5.54 Å². The monoisotopic (exact) mass is 189 g/mol. The molecular formula is C7H19NOSi2. The number of rotatable bonds is 1. The molecule has 1 saturated heterocycles. The third-order valence-corrected chi connectivity index (χ3v) is 8.85. The Hall–Kier alpha value is 0.354. The maximum absolute atomic E-state index is 5.57. The van der Waals surface area contributed by atoms with Gasteiger partial charge in [0.1, 0.15) is 8.48 Å². The van der Waals surface area contributed by atoms with Gasteiger partial charge in [-0.15, -0.1) is 0 Å². The smallest absolute Gasteiger partial charge is 0.164 e. The average Bonchev–Trinajstić information content (AvgIpc) is 1.85. The summed E-state index contributed by atoms with van der Waals surface area (Å²) in [6, 6.07) is 1.46. The lowest BCUT2D eigenvalue weighted by atomic mass is 10.1. The predicted molar refractivity (Wildman–Crippen MR) is 54.0 cm³/mol. The standard InChI is InChI=1S/C7H19NOSi2/c1-7(2,3)8-11-6-4-5-9-10-11/h8,11H,4-6,10H2,1-3H3. The molecule has 0 aromatic rings. The molecule has 4 heteroatoms. The fourth-order valence-electron chi connectivity index (χ4n) is 1.47. The summed E-state index contributed by atoms with van der Waals surface area (Å²) in [6.45, 7) is 7.80. The summed E-state index contributed by atoms with van der Waals surface area (Å²) in [5.74, 6) is 0. The van der Waals surface area contributed by atoms with Gasteiger partial charge in [0, 0.05) is 12.1 Å². The predicted octanol–water partition coefficient (Wildman–Crippen LogP) is 0.0991. The van der Waals surface area contributed by atoms with E-state index in [4.69, 9.17) is 4.43 Å². The second-order valence-electron chi connectivity index (χ2n) is 4.31. The first-order chi connectivity index (χ1) is 5.08. The molecule has 66 valence electrons. The van der Waals surface area contributed by atoms with Gasteiger partial charge < -0.3 is 9.41 Å². The van der Waals surface area contributed by atoms with E-state index < -0.39 is 8.48 Å². The zero-order valence-electron chi connectivity index (χ0n) is 7.81. The summed E-state index contributed by atoms with van der Waals surface area (Å²) in [6.07, 6.45) is 1.30. The fraction of sp³-hybridized carbons (Fsp3) is 1.00. The van der Waals surface area contributed by atoms with Gasteiger partial charge in [0.05, 0.1) is 0 Å². The van der Waals surface area contributed by atoms with Crippen molar-refractivity contribution in [2.75, 3.05) is 6.61 Å². The van der Waals surface area contributed by atoms with Crippen LogP contribution in [-0.2, 0) is 4.43 Å². The van der Waals surface area contributed by atoms with Crippen molar-refractivity contribution in [3.8, 4) is 0 Å². The fourth-order valence-corrected chi connectivity index (χ4v) is 9.21. The van der Waals surface area contributed by atoms with Crippen LogP contribution in [-0.4, -0.2) is 29.9 Å². The van der Waals surface area contributed by atoms with Crippen LogP contribution in [0.15, 0.2) is 0 Å². The Labute approximate surface area is 73.1 Å². The normalized spacial score (nSPS) is 29.2. The second kappa shape index (κ2) is 3.84. The van der Waals surface area contributed by atoms with Crippen molar-refractivity contribution in [2.24, 2.45) is 0 Å². The minimum absolute atomic E-state index is 0.130. The molecule has 1 atom stereocenters. The van der Waals surface area contributed by atoms with Crippen LogP contribution < -0.4 is 4.98 Å². The molecule has 0 aliphatic carbocycles. The summed E-state index contributed by atoms with van der Waals surface area (Å²) in [4.78, 5) is 3.73. The average molecular weight is 189 g/mol. The van der Waals surface area contributed by atoms with Crippen LogP contribution in [0.1, 0.15) is 27.2 Å². The maximum Gasteiger partial charge on any atom is 0.164 e. The van der Waals surface area contributed by atoms with Crippen molar-refractivity contribution in [3.63, 3.8) is 0 Å². The number of nitrogens with one attached hydrogen (secondary N) is 1. The molecule has 2 nitrogen and oxygen atoms in total. The largest absolute Gasteiger partial charge is 0.426 e. The molecule has 1 aliphatic rings. The Balaban J connectivity index is 2.24. The molecule has 1 rings (SSSR count). The summed E-state index contributed by atoms with van der Waals surface area (Å²) in [5, 5.41) is 0. The molecule has 0 radical (unpaired) electrons. The van der Waals surface area contributed by atoms with E-state index in [1.54, 1.807) is 0 Å². The lowest BCUT2D eigenvalue weighted by Gasteiger charge is -2.29. The van der Waals surface area contributed by atoms with E-state index in [1.807, 2.05) is 0 Å². The molecule has 1 N–H and O–H groups in total. The third kappa shape index (κ3) is 4.05. The molecular weight excluding hydrogens is 170 g/mol. The molecule has 0 spiro atoms. The highest BCUT2D eigenvalue weighted by atomic mass is 29.2. The van der Waals surface area contributed by atoms with Gasteiger partial charge in [-0.1, -0.05) is 0 Å². The number of hydrogen-bond acceptors (Lipinski definition) is 2. The highest BCUT2D eigenvalue weighted by Gasteiger charge is 2.21. The van der Waals surface area contributed by atoms with Crippen LogP contribution in [0.5, 0.6) is 0 Å². The molecule has 0 aromatic heterocycles. The van der Waals surface area contributed by atoms with Gasteiger partial charge in [0.2, 0.25) is 0 Å². The van der Waals surface area contributed by atoms with Crippen molar-refractivity contribution < 1.29 is 4.43 Å². The molecule has 0 amide bonds. The Morgan fingerprint density at radius 1 is 1.45 bits per heavy atom. The van der Waals surface area contributed by atoms with E-state index in [0.717, 1.165) is 6.61 Å². The summed E-state index contributed by atoms with van der Waals surface area (Å²) in [7, 11) is -0.714. The molecule has 1 aliphatic heterocycles. The third-order valence-electron chi connectivity index (χ3n) is 1.80. The summed E-state index contributed by atoms with van der Waals surface area (Å²) >= 11 is 0. The van der Waals surface area contributed by atoms with Gasteiger partial charge in [-0.2, -0.15) is 0 Å². The second-order valence-corrected chi connectivity index (χ2v) is 11.3. The number of hydrogen-bond donors (Lipinski definition) is 1. The van der Waals surface area contributed by atoms with E-state index >= 15 is 0 Å². The van der Waals surface area contributed by atoms with Crippen molar-refractivity contribution in [1.29, 1.82) is 0 Å². The van der Waals surface area contributed by atoms with Crippen molar-refractivity contribution in [3.05, 3.63) is 0 Å². The molecule has 11 heavy (non-hydrogen) atoms. The van der Waals surface area contributed by atoms with Crippen LogP contribution in [0.3, 0.4) is 0 Å².